The molecule has 2 aromatic rings. The van der Waals surface area contributed by atoms with Gasteiger partial charge in [0.2, 0.25) is 0 Å². The molecule has 0 radical (unpaired) electrons. The fourth-order valence-corrected chi connectivity index (χ4v) is 1.85. The van der Waals surface area contributed by atoms with Gasteiger partial charge in [0, 0.05) is 24.5 Å². The molecular formula is C15H17N3O3. The minimum Gasteiger partial charge on any atom is -0.495 e. The minimum atomic E-state index is -0.396. The number of benzene rings is 1. The van der Waals surface area contributed by atoms with Gasteiger partial charge < -0.3 is 14.8 Å². The monoisotopic (exact) mass is 287 g/mol. The van der Waals surface area contributed by atoms with Gasteiger partial charge in [-0.1, -0.05) is 6.58 Å². The maximum atomic E-state index is 11.5. The van der Waals surface area contributed by atoms with Gasteiger partial charge >= 0.3 is 5.97 Å². The molecule has 6 nitrogen and oxygen atoms in total. The number of anilines is 1. The summed E-state index contributed by atoms with van der Waals surface area (Å²) in [6.45, 7) is 4.23. The van der Waals surface area contributed by atoms with E-state index in [0.29, 0.717) is 17.9 Å². The van der Waals surface area contributed by atoms with Crippen LogP contribution < -0.4 is 10.1 Å². The van der Waals surface area contributed by atoms with Crippen LogP contribution in [0.25, 0.3) is 6.20 Å². The highest BCUT2D eigenvalue weighted by Crippen LogP contribution is 2.26. The van der Waals surface area contributed by atoms with E-state index in [1.807, 2.05) is 6.20 Å². The first kappa shape index (κ1) is 14.6. The lowest BCUT2D eigenvalue weighted by atomic mass is 10.2. The Morgan fingerprint density at radius 3 is 2.90 bits per heavy atom. The molecule has 1 N–H and O–H groups in total. The zero-order valence-electron chi connectivity index (χ0n) is 12.0. The molecule has 0 amide bonds. The lowest BCUT2D eigenvalue weighted by Crippen LogP contribution is -2.04. The van der Waals surface area contributed by atoms with Crippen LogP contribution in [0.15, 0.2) is 37.2 Å². The molecule has 1 heterocycles. The Morgan fingerprint density at radius 2 is 2.29 bits per heavy atom. The van der Waals surface area contributed by atoms with Crippen LogP contribution in [0.3, 0.4) is 0 Å². The lowest BCUT2D eigenvalue weighted by Gasteiger charge is -2.11. The number of nitrogens with zero attached hydrogens (tertiary/aromatic N) is 2. The molecule has 0 spiro atoms. The van der Waals surface area contributed by atoms with E-state index in [2.05, 4.69) is 21.7 Å². The van der Waals surface area contributed by atoms with Crippen LogP contribution in [0.1, 0.15) is 15.9 Å². The zero-order valence-corrected chi connectivity index (χ0v) is 12.0. The quantitative estimate of drug-likeness (QED) is 0.826. The smallest absolute Gasteiger partial charge is 0.337 e. The van der Waals surface area contributed by atoms with Crippen molar-refractivity contribution in [1.29, 1.82) is 0 Å². The number of hydrogen-bond acceptors (Lipinski definition) is 5. The summed E-state index contributed by atoms with van der Waals surface area (Å²) in [6.07, 6.45) is 5.24. The topological polar surface area (TPSA) is 65.4 Å². The molecule has 0 aliphatic heterocycles. The molecule has 0 fully saturated rings. The fourth-order valence-electron chi connectivity index (χ4n) is 1.85. The Balaban J connectivity index is 2.12. The highest BCUT2D eigenvalue weighted by atomic mass is 16.5. The Bertz CT molecular complexity index is 649. The molecule has 0 saturated heterocycles. The van der Waals surface area contributed by atoms with Crippen LogP contribution in [0.5, 0.6) is 5.75 Å². The summed E-state index contributed by atoms with van der Waals surface area (Å²) in [6, 6.07) is 5.11. The predicted octanol–water partition coefficient (Wildman–Crippen LogP) is 2.39. The van der Waals surface area contributed by atoms with E-state index in [1.165, 1.54) is 7.11 Å². The highest BCUT2D eigenvalue weighted by Gasteiger charge is 2.10. The number of ether oxygens (including phenoxy) is 2. The number of carbonyl (C=O) groups excluding carboxylic acids is 1. The third-order valence-corrected chi connectivity index (χ3v) is 2.95. The summed E-state index contributed by atoms with van der Waals surface area (Å²) in [5.41, 5.74) is 2.24. The second-order valence-corrected chi connectivity index (χ2v) is 4.27. The fraction of sp³-hybridized carbons (Fsp3) is 0.200. The van der Waals surface area contributed by atoms with Crippen molar-refractivity contribution < 1.29 is 14.3 Å². The molecule has 1 aromatic carbocycles. The molecule has 0 bridgehead atoms. The summed E-state index contributed by atoms with van der Waals surface area (Å²) >= 11 is 0. The number of hydrogen-bond donors (Lipinski definition) is 1. The second kappa shape index (κ2) is 6.60. The lowest BCUT2D eigenvalue weighted by molar-refractivity contribution is 0.0600. The van der Waals surface area contributed by atoms with E-state index >= 15 is 0 Å². The van der Waals surface area contributed by atoms with Crippen molar-refractivity contribution in [2.75, 3.05) is 19.5 Å². The van der Waals surface area contributed by atoms with E-state index in [4.69, 9.17) is 4.74 Å². The van der Waals surface area contributed by atoms with Crippen molar-refractivity contribution >= 4 is 17.9 Å². The van der Waals surface area contributed by atoms with E-state index in [-0.39, 0.29) is 0 Å². The van der Waals surface area contributed by atoms with Crippen molar-refractivity contribution in [3.8, 4) is 5.75 Å². The first-order chi connectivity index (χ1) is 10.2. The van der Waals surface area contributed by atoms with E-state index in [0.717, 1.165) is 11.3 Å². The molecule has 0 unspecified atom stereocenters. The Kier molecular flexibility index (Phi) is 4.61. The molecule has 1 aromatic heterocycles. The normalized spacial score (nSPS) is 10.0. The van der Waals surface area contributed by atoms with Crippen molar-refractivity contribution in [2.24, 2.45) is 0 Å². The third-order valence-electron chi connectivity index (χ3n) is 2.95. The van der Waals surface area contributed by atoms with Crippen molar-refractivity contribution in [3.05, 3.63) is 48.3 Å². The SMILES string of the molecule is C=Cn1cc(CNc2ccc(C(=O)OC)cc2OC)cn1. The maximum absolute atomic E-state index is 11.5. The zero-order chi connectivity index (χ0) is 15.2. The minimum absolute atomic E-state index is 0.396. The summed E-state index contributed by atoms with van der Waals surface area (Å²) in [4.78, 5) is 11.5. The van der Waals surface area contributed by atoms with Crippen LogP contribution in [-0.4, -0.2) is 30.0 Å². The van der Waals surface area contributed by atoms with Gasteiger partial charge in [0.05, 0.1) is 31.7 Å². The largest absolute Gasteiger partial charge is 0.495 e. The molecule has 0 aliphatic rings. The molecule has 0 saturated carbocycles. The number of carbonyl (C=O) groups is 1. The first-order valence-corrected chi connectivity index (χ1v) is 6.33. The Morgan fingerprint density at radius 1 is 1.48 bits per heavy atom. The standard InChI is InChI=1S/C15H17N3O3/c1-4-18-10-11(9-17-18)8-16-13-6-5-12(15(19)21-3)7-14(13)20-2/h4-7,9-10,16H,1,8H2,2-3H3. The Hall–Kier alpha value is -2.76. The third kappa shape index (κ3) is 3.42. The number of rotatable bonds is 6. The van der Waals surface area contributed by atoms with Crippen molar-refractivity contribution in [1.82, 2.24) is 9.78 Å². The van der Waals surface area contributed by atoms with Crippen LogP contribution in [0.2, 0.25) is 0 Å². The summed E-state index contributed by atoms with van der Waals surface area (Å²) < 4.78 is 11.6. The van der Waals surface area contributed by atoms with E-state index < -0.39 is 5.97 Å². The predicted molar refractivity (Wildman–Crippen MR) is 80.3 cm³/mol. The molecule has 110 valence electrons. The average Bonchev–Trinajstić information content (AvgIpc) is 3.00. The van der Waals surface area contributed by atoms with Crippen molar-refractivity contribution in [2.45, 2.75) is 6.54 Å². The van der Waals surface area contributed by atoms with E-state index in [9.17, 15) is 4.79 Å². The van der Waals surface area contributed by atoms with Gasteiger partial charge in [0.15, 0.2) is 0 Å². The van der Waals surface area contributed by atoms with Crippen LogP contribution in [-0.2, 0) is 11.3 Å². The van der Waals surface area contributed by atoms with Gasteiger partial charge in [-0.2, -0.15) is 5.10 Å². The van der Waals surface area contributed by atoms with Crippen LogP contribution >= 0.6 is 0 Å². The number of aromatic nitrogens is 2. The number of esters is 1. The number of methoxy groups -OCH3 is 2. The van der Waals surface area contributed by atoms with Gasteiger partial charge in [0.1, 0.15) is 5.75 Å². The van der Waals surface area contributed by atoms with Crippen molar-refractivity contribution in [3.63, 3.8) is 0 Å². The molecule has 0 atom stereocenters. The second-order valence-electron chi connectivity index (χ2n) is 4.27. The summed E-state index contributed by atoms with van der Waals surface area (Å²) in [5.74, 6) is 0.182. The molecule has 6 heteroatoms. The van der Waals surface area contributed by atoms with Gasteiger partial charge in [-0.25, -0.2) is 9.48 Å². The molecule has 0 aliphatic carbocycles. The maximum Gasteiger partial charge on any atom is 0.337 e. The van der Waals surface area contributed by atoms with Gasteiger partial charge in [0.25, 0.3) is 0 Å². The van der Waals surface area contributed by atoms with Crippen LogP contribution in [0, 0.1) is 0 Å². The summed E-state index contributed by atoms with van der Waals surface area (Å²) in [5, 5.41) is 7.34. The highest BCUT2D eigenvalue weighted by molar-refractivity contribution is 5.90. The average molecular weight is 287 g/mol. The van der Waals surface area contributed by atoms with Crippen LogP contribution in [0.4, 0.5) is 5.69 Å². The first-order valence-electron chi connectivity index (χ1n) is 6.33. The molecule has 21 heavy (non-hydrogen) atoms. The van der Waals surface area contributed by atoms with Gasteiger partial charge in [-0.3, -0.25) is 0 Å². The van der Waals surface area contributed by atoms with Gasteiger partial charge in [-0.05, 0) is 18.2 Å². The number of nitrogens with one attached hydrogen (secondary N) is 1. The van der Waals surface area contributed by atoms with Gasteiger partial charge in [-0.15, -0.1) is 0 Å². The van der Waals surface area contributed by atoms with E-state index in [1.54, 1.807) is 42.4 Å². The summed E-state index contributed by atoms with van der Waals surface area (Å²) in [7, 11) is 2.90. The Labute approximate surface area is 123 Å². The molecular weight excluding hydrogens is 270 g/mol. The molecule has 2 rings (SSSR count).